The van der Waals surface area contributed by atoms with Gasteiger partial charge in [0.1, 0.15) is 0 Å². The molecule has 0 saturated carbocycles. The standard InChI is InChI=1S/C30H37Cl2N3O/c1-3-4-9-26-20-34(15-14-22-11-13-27(31)28(32)17-22)21(2)19-35(26)30(36)29(33)18-23-10-12-24-7-5-6-8-25(24)16-23/h5-8,10-13,16-17,21,26,29H,3-4,9,14-15,18-20,33H2,1-2H3/t21-,26+,29-/m1/s1. The Bertz CT molecular complexity index is 1180. The average molecular weight is 527 g/mol. The summed E-state index contributed by atoms with van der Waals surface area (Å²) >= 11 is 12.3. The second-order valence-corrected chi connectivity index (χ2v) is 10.9. The van der Waals surface area contributed by atoms with Gasteiger partial charge in [0.2, 0.25) is 5.91 Å². The van der Waals surface area contributed by atoms with Crippen molar-refractivity contribution in [2.24, 2.45) is 5.73 Å². The summed E-state index contributed by atoms with van der Waals surface area (Å²) in [4.78, 5) is 18.2. The monoisotopic (exact) mass is 525 g/mol. The van der Waals surface area contributed by atoms with Crippen molar-refractivity contribution in [3.8, 4) is 0 Å². The number of carbonyl (C=O) groups excluding carboxylic acids is 1. The van der Waals surface area contributed by atoms with E-state index in [2.05, 4.69) is 54.0 Å². The number of nitrogens with zero attached hydrogens (tertiary/aromatic N) is 2. The molecular formula is C30H37Cl2N3O. The Morgan fingerprint density at radius 1 is 1.00 bits per heavy atom. The van der Waals surface area contributed by atoms with Gasteiger partial charge in [-0.3, -0.25) is 9.69 Å². The highest BCUT2D eigenvalue weighted by Crippen LogP contribution is 2.25. The predicted octanol–water partition coefficient (Wildman–Crippen LogP) is 6.35. The minimum atomic E-state index is -0.537. The first kappa shape index (κ1) is 26.9. The van der Waals surface area contributed by atoms with E-state index in [1.165, 1.54) is 16.3 Å². The molecule has 2 N–H and O–H groups in total. The van der Waals surface area contributed by atoms with E-state index in [1.54, 1.807) is 0 Å². The van der Waals surface area contributed by atoms with E-state index < -0.39 is 6.04 Å². The number of nitrogens with two attached hydrogens (primary N) is 1. The summed E-state index contributed by atoms with van der Waals surface area (Å²) in [5.41, 5.74) is 8.81. The summed E-state index contributed by atoms with van der Waals surface area (Å²) in [6, 6.07) is 20.4. The molecule has 4 rings (SSSR count). The molecule has 0 unspecified atom stereocenters. The number of piperazine rings is 1. The molecule has 192 valence electrons. The molecule has 4 nitrogen and oxygen atoms in total. The summed E-state index contributed by atoms with van der Waals surface area (Å²) in [6.45, 7) is 6.91. The second-order valence-electron chi connectivity index (χ2n) is 10.1. The highest BCUT2D eigenvalue weighted by atomic mass is 35.5. The van der Waals surface area contributed by atoms with Gasteiger partial charge in [0.15, 0.2) is 0 Å². The van der Waals surface area contributed by atoms with Gasteiger partial charge in [0.25, 0.3) is 0 Å². The van der Waals surface area contributed by atoms with Crippen LogP contribution < -0.4 is 5.73 Å². The van der Waals surface area contributed by atoms with Crippen LogP contribution in [0.3, 0.4) is 0 Å². The maximum absolute atomic E-state index is 13.6. The molecule has 36 heavy (non-hydrogen) atoms. The zero-order valence-corrected chi connectivity index (χ0v) is 22.8. The van der Waals surface area contributed by atoms with Crippen molar-refractivity contribution >= 4 is 39.9 Å². The van der Waals surface area contributed by atoms with E-state index >= 15 is 0 Å². The van der Waals surface area contributed by atoms with Crippen LogP contribution in [0.1, 0.15) is 44.2 Å². The average Bonchev–Trinajstić information content (AvgIpc) is 2.88. The first-order chi connectivity index (χ1) is 17.4. The van der Waals surface area contributed by atoms with Crippen molar-refractivity contribution in [2.75, 3.05) is 19.6 Å². The molecule has 1 heterocycles. The van der Waals surface area contributed by atoms with Crippen LogP contribution in [0.25, 0.3) is 10.8 Å². The van der Waals surface area contributed by atoms with Crippen molar-refractivity contribution in [3.63, 3.8) is 0 Å². The maximum Gasteiger partial charge on any atom is 0.240 e. The number of hydrogen-bond acceptors (Lipinski definition) is 3. The Morgan fingerprint density at radius 2 is 1.75 bits per heavy atom. The SMILES string of the molecule is CCCC[C@H]1CN(CCc2ccc(Cl)c(Cl)c2)[C@H](C)CN1C(=O)[C@H](N)Cc1ccc2ccccc2c1. The minimum Gasteiger partial charge on any atom is -0.336 e. The van der Waals surface area contributed by atoms with Crippen LogP contribution in [-0.2, 0) is 17.6 Å². The molecule has 1 fully saturated rings. The molecule has 6 heteroatoms. The van der Waals surface area contributed by atoms with Crippen LogP contribution in [0, 0.1) is 0 Å². The lowest BCUT2D eigenvalue weighted by Crippen LogP contribution is -2.62. The third-order valence-electron chi connectivity index (χ3n) is 7.40. The Hall–Kier alpha value is -2.11. The Morgan fingerprint density at radius 3 is 2.50 bits per heavy atom. The normalized spacial score (nSPS) is 19.5. The summed E-state index contributed by atoms with van der Waals surface area (Å²) in [7, 11) is 0. The highest BCUT2D eigenvalue weighted by molar-refractivity contribution is 6.42. The molecule has 0 radical (unpaired) electrons. The lowest BCUT2D eigenvalue weighted by Gasteiger charge is -2.46. The number of amides is 1. The second kappa shape index (κ2) is 12.4. The zero-order valence-electron chi connectivity index (χ0n) is 21.3. The van der Waals surface area contributed by atoms with Crippen molar-refractivity contribution in [2.45, 2.75) is 64.1 Å². The number of carbonyl (C=O) groups is 1. The van der Waals surface area contributed by atoms with Gasteiger partial charge in [0, 0.05) is 31.7 Å². The van der Waals surface area contributed by atoms with E-state index in [1.807, 2.05) is 30.3 Å². The molecule has 1 amide bonds. The quantitative estimate of drug-likeness (QED) is 0.354. The van der Waals surface area contributed by atoms with Crippen molar-refractivity contribution in [1.82, 2.24) is 9.80 Å². The number of rotatable bonds is 9. The van der Waals surface area contributed by atoms with Gasteiger partial charge in [-0.2, -0.15) is 0 Å². The zero-order chi connectivity index (χ0) is 25.7. The molecule has 3 aromatic rings. The Kier molecular flexibility index (Phi) is 9.30. The topological polar surface area (TPSA) is 49.6 Å². The van der Waals surface area contributed by atoms with Gasteiger partial charge in [0.05, 0.1) is 16.1 Å². The number of fused-ring (bicyclic) bond motifs is 1. The number of benzene rings is 3. The molecule has 1 aliphatic rings. The van der Waals surface area contributed by atoms with Crippen LogP contribution in [0.15, 0.2) is 60.7 Å². The molecule has 1 saturated heterocycles. The molecule has 0 aliphatic carbocycles. The van der Waals surface area contributed by atoms with Crippen LogP contribution in [-0.4, -0.2) is 53.5 Å². The number of unbranched alkanes of at least 4 members (excludes halogenated alkanes) is 1. The first-order valence-corrected chi connectivity index (χ1v) is 13.8. The molecule has 1 aliphatic heterocycles. The van der Waals surface area contributed by atoms with E-state index in [-0.39, 0.29) is 18.0 Å². The van der Waals surface area contributed by atoms with Gasteiger partial charge >= 0.3 is 0 Å². The van der Waals surface area contributed by atoms with Crippen LogP contribution in [0.5, 0.6) is 0 Å². The fourth-order valence-electron chi connectivity index (χ4n) is 5.25. The van der Waals surface area contributed by atoms with E-state index in [0.717, 1.165) is 44.3 Å². The van der Waals surface area contributed by atoms with Crippen molar-refractivity contribution in [3.05, 3.63) is 81.8 Å². The summed E-state index contributed by atoms with van der Waals surface area (Å²) in [5, 5.41) is 3.56. The van der Waals surface area contributed by atoms with Crippen molar-refractivity contribution in [1.29, 1.82) is 0 Å². The van der Waals surface area contributed by atoms with Gasteiger partial charge in [-0.25, -0.2) is 0 Å². The molecule has 3 atom stereocenters. The van der Waals surface area contributed by atoms with Gasteiger partial charge in [-0.15, -0.1) is 0 Å². The lowest BCUT2D eigenvalue weighted by atomic mass is 9.97. The number of hydrogen-bond donors (Lipinski definition) is 1. The number of halogens is 2. The molecule has 3 aromatic carbocycles. The maximum atomic E-state index is 13.6. The smallest absolute Gasteiger partial charge is 0.240 e. The molecule has 0 aromatic heterocycles. The first-order valence-electron chi connectivity index (χ1n) is 13.1. The van der Waals surface area contributed by atoms with Gasteiger partial charge < -0.3 is 10.6 Å². The van der Waals surface area contributed by atoms with Gasteiger partial charge in [-0.1, -0.05) is 91.5 Å². The van der Waals surface area contributed by atoms with E-state index in [0.29, 0.717) is 23.0 Å². The van der Waals surface area contributed by atoms with Crippen LogP contribution in [0.4, 0.5) is 0 Å². The lowest BCUT2D eigenvalue weighted by molar-refractivity contribution is -0.139. The summed E-state index contributed by atoms with van der Waals surface area (Å²) < 4.78 is 0. The largest absolute Gasteiger partial charge is 0.336 e. The summed E-state index contributed by atoms with van der Waals surface area (Å²) in [6.07, 6.45) is 4.66. The predicted molar refractivity (Wildman–Crippen MR) is 152 cm³/mol. The fourth-order valence-corrected chi connectivity index (χ4v) is 5.58. The van der Waals surface area contributed by atoms with E-state index in [4.69, 9.17) is 28.9 Å². The van der Waals surface area contributed by atoms with Crippen LogP contribution in [0.2, 0.25) is 10.0 Å². The van der Waals surface area contributed by atoms with Crippen molar-refractivity contribution < 1.29 is 4.79 Å². The minimum absolute atomic E-state index is 0.0697. The Balaban J connectivity index is 1.41. The molecule has 0 spiro atoms. The summed E-state index contributed by atoms with van der Waals surface area (Å²) in [5.74, 6) is 0.0697. The van der Waals surface area contributed by atoms with Crippen LogP contribution >= 0.6 is 23.2 Å². The molecule has 0 bridgehead atoms. The van der Waals surface area contributed by atoms with E-state index in [9.17, 15) is 4.79 Å². The Labute approximate surface area is 225 Å². The highest BCUT2D eigenvalue weighted by Gasteiger charge is 2.35. The molecular weight excluding hydrogens is 489 g/mol. The van der Waals surface area contributed by atoms with Gasteiger partial charge in [-0.05, 0) is 60.2 Å². The third kappa shape index (κ3) is 6.60. The third-order valence-corrected chi connectivity index (χ3v) is 8.14. The fraction of sp³-hybridized carbons (Fsp3) is 0.433.